The van der Waals surface area contributed by atoms with Crippen LogP contribution in [0.3, 0.4) is 0 Å². The fourth-order valence-electron chi connectivity index (χ4n) is 6.24. The van der Waals surface area contributed by atoms with Gasteiger partial charge in [0.05, 0.1) is 29.7 Å². The number of benzene rings is 4. The third-order valence-corrected chi connectivity index (χ3v) is 10.8. The highest BCUT2D eigenvalue weighted by atomic mass is 32.2. The molecule has 1 atom stereocenters. The molecule has 1 fully saturated rings. The molecule has 5 rings (SSSR count). The van der Waals surface area contributed by atoms with Crippen LogP contribution in [0, 0.1) is 17.0 Å². The van der Waals surface area contributed by atoms with Crippen LogP contribution < -0.4 is 19.1 Å². The van der Waals surface area contributed by atoms with Crippen molar-refractivity contribution >= 4 is 33.2 Å². The Bertz CT molecular complexity index is 1950. The molecule has 0 aromatic heterocycles. The largest absolute Gasteiger partial charge is 0.497 e. The highest BCUT2D eigenvalue weighted by molar-refractivity contribution is 7.92. The first-order valence-electron chi connectivity index (χ1n) is 16.7. The standard InChI is InChI=1S/C38H42N4O8S/c1-27-16-21-34(24-35(27)42(45)46)51(47,48)41(31-17-19-32(49-2)20-18-31)26-37(43)40(25-29-12-9-15-33(22-29)50-3)36(23-28-10-5-4-6-11-28)38(44)39-30-13-7-8-14-30/h4-6,9-12,15-22,24,30,36H,7-8,13-14,23,25-26H2,1-3H3,(H,39,44)/t36-/m1/s1. The molecule has 1 N–H and O–H groups in total. The van der Waals surface area contributed by atoms with E-state index in [1.54, 1.807) is 36.4 Å². The van der Waals surface area contributed by atoms with Crippen LogP contribution in [0.25, 0.3) is 0 Å². The minimum absolute atomic E-state index is 0.0296. The van der Waals surface area contributed by atoms with Crippen molar-refractivity contribution in [3.05, 3.63) is 124 Å². The van der Waals surface area contributed by atoms with Crippen molar-refractivity contribution in [1.29, 1.82) is 0 Å². The van der Waals surface area contributed by atoms with Crippen molar-refractivity contribution in [2.75, 3.05) is 25.1 Å². The number of nitro benzene ring substituents is 1. The third-order valence-electron chi connectivity index (χ3n) is 9.06. The number of nitrogens with one attached hydrogen (secondary N) is 1. The van der Waals surface area contributed by atoms with Crippen LogP contribution in [-0.2, 0) is 32.6 Å². The maximum absolute atomic E-state index is 14.8. The van der Waals surface area contributed by atoms with Crippen molar-refractivity contribution in [2.45, 2.75) is 62.6 Å². The molecule has 1 aliphatic carbocycles. The van der Waals surface area contributed by atoms with E-state index in [2.05, 4.69) is 5.32 Å². The second-order valence-corrected chi connectivity index (χ2v) is 14.3. The summed E-state index contributed by atoms with van der Waals surface area (Å²) >= 11 is 0. The lowest BCUT2D eigenvalue weighted by Gasteiger charge is -2.34. The maximum atomic E-state index is 14.8. The second-order valence-electron chi connectivity index (χ2n) is 12.5. The van der Waals surface area contributed by atoms with E-state index in [9.17, 15) is 28.1 Å². The van der Waals surface area contributed by atoms with Gasteiger partial charge in [-0.2, -0.15) is 0 Å². The number of nitro groups is 1. The van der Waals surface area contributed by atoms with Crippen molar-refractivity contribution in [3.63, 3.8) is 0 Å². The molecule has 12 nitrogen and oxygen atoms in total. The monoisotopic (exact) mass is 714 g/mol. The summed E-state index contributed by atoms with van der Waals surface area (Å²) in [5, 5.41) is 14.9. The molecule has 0 spiro atoms. The summed E-state index contributed by atoms with van der Waals surface area (Å²) < 4.78 is 40.4. The van der Waals surface area contributed by atoms with Crippen molar-refractivity contribution in [2.24, 2.45) is 0 Å². The zero-order chi connectivity index (χ0) is 36.5. The van der Waals surface area contributed by atoms with E-state index in [-0.39, 0.29) is 46.7 Å². The molecule has 0 radical (unpaired) electrons. The number of amides is 2. The summed E-state index contributed by atoms with van der Waals surface area (Å²) in [6.07, 6.45) is 3.83. The third kappa shape index (κ3) is 9.03. The Labute approximate surface area is 298 Å². The number of carbonyl (C=O) groups excluding carboxylic acids is 2. The number of carbonyl (C=O) groups is 2. The van der Waals surface area contributed by atoms with E-state index < -0.39 is 33.4 Å². The SMILES string of the molecule is COc1ccc(N(CC(=O)N(Cc2cccc(OC)c2)[C@H](Cc2ccccc2)C(=O)NC2CCCC2)S(=O)(=O)c2ccc(C)c([N+](=O)[O-])c2)cc1. The molecular weight excluding hydrogens is 673 g/mol. The molecule has 268 valence electrons. The van der Waals surface area contributed by atoms with E-state index in [0.717, 1.165) is 41.6 Å². The van der Waals surface area contributed by atoms with Gasteiger partial charge in [-0.25, -0.2) is 8.42 Å². The summed E-state index contributed by atoms with van der Waals surface area (Å²) in [5.41, 5.74) is 1.53. The fourth-order valence-corrected chi connectivity index (χ4v) is 7.67. The summed E-state index contributed by atoms with van der Waals surface area (Å²) in [6, 6.07) is 25.1. The first-order valence-corrected chi connectivity index (χ1v) is 18.1. The number of hydrogen-bond acceptors (Lipinski definition) is 8. The number of aryl methyl sites for hydroxylation is 1. The molecule has 4 aromatic carbocycles. The number of sulfonamides is 1. The number of hydrogen-bond donors (Lipinski definition) is 1. The minimum atomic E-state index is -4.56. The van der Waals surface area contributed by atoms with Gasteiger partial charge in [-0.3, -0.25) is 24.0 Å². The molecule has 51 heavy (non-hydrogen) atoms. The van der Waals surface area contributed by atoms with Crippen molar-refractivity contribution < 1.29 is 32.4 Å². The van der Waals surface area contributed by atoms with E-state index >= 15 is 0 Å². The van der Waals surface area contributed by atoms with Gasteiger partial charge in [-0.05, 0) is 73.4 Å². The van der Waals surface area contributed by atoms with Gasteiger partial charge in [0, 0.05) is 30.6 Å². The summed E-state index contributed by atoms with van der Waals surface area (Å²) in [4.78, 5) is 41.2. The van der Waals surface area contributed by atoms with Crippen LogP contribution in [0.5, 0.6) is 11.5 Å². The highest BCUT2D eigenvalue weighted by Gasteiger charge is 2.36. The smallest absolute Gasteiger partial charge is 0.273 e. The van der Waals surface area contributed by atoms with Crippen LogP contribution in [0.4, 0.5) is 11.4 Å². The normalized spacial score (nSPS) is 13.6. The number of rotatable bonds is 15. The summed E-state index contributed by atoms with van der Waals surface area (Å²) in [6.45, 7) is 0.777. The quantitative estimate of drug-likeness (QED) is 0.120. The molecule has 4 aromatic rings. The first kappa shape index (κ1) is 36.8. The van der Waals surface area contributed by atoms with E-state index in [0.29, 0.717) is 17.1 Å². The van der Waals surface area contributed by atoms with Crippen LogP contribution in [0.1, 0.15) is 42.4 Å². The van der Waals surface area contributed by atoms with Crippen LogP contribution in [-0.4, -0.2) is 62.9 Å². The highest BCUT2D eigenvalue weighted by Crippen LogP contribution is 2.30. The molecule has 0 unspecified atom stereocenters. The van der Waals surface area contributed by atoms with Crippen molar-refractivity contribution in [3.8, 4) is 11.5 Å². The molecule has 0 bridgehead atoms. The Kier molecular flexibility index (Phi) is 11.9. The zero-order valence-corrected chi connectivity index (χ0v) is 29.7. The van der Waals surface area contributed by atoms with Crippen LogP contribution in [0.2, 0.25) is 0 Å². The van der Waals surface area contributed by atoms with E-state index in [4.69, 9.17) is 9.47 Å². The second kappa shape index (κ2) is 16.5. The van der Waals surface area contributed by atoms with Gasteiger partial charge in [0.2, 0.25) is 11.8 Å². The topological polar surface area (TPSA) is 148 Å². The van der Waals surface area contributed by atoms with Gasteiger partial charge in [-0.15, -0.1) is 0 Å². The van der Waals surface area contributed by atoms with E-state index in [1.165, 1.54) is 50.3 Å². The molecule has 0 heterocycles. The van der Waals surface area contributed by atoms with Gasteiger partial charge >= 0.3 is 0 Å². The Morgan fingerprint density at radius 2 is 1.55 bits per heavy atom. The van der Waals surface area contributed by atoms with Crippen LogP contribution >= 0.6 is 0 Å². The van der Waals surface area contributed by atoms with Gasteiger partial charge in [-0.1, -0.05) is 61.4 Å². The molecule has 1 aliphatic rings. The predicted octanol–water partition coefficient (Wildman–Crippen LogP) is 5.81. The zero-order valence-electron chi connectivity index (χ0n) is 28.9. The number of anilines is 1. The molecule has 1 saturated carbocycles. The maximum Gasteiger partial charge on any atom is 0.273 e. The minimum Gasteiger partial charge on any atom is -0.497 e. The lowest BCUT2D eigenvalue weighted by molar-refractivity contribution is -0.385. The Morgan fingerprint density at radius 1 is 0.882 bits per heavy atom. The lowest BCUT2D eigenvalue weighted by Crippen LogP contribution is -2.54. The number of methoxy groups -OCH3 is 2. The summed E-state index contributed by atoms with van der Waals surface area (Å²) in [7, 11) is -1.56. The molecule has 0 saturated heterocycles. The Morgan fingerprint density at radius 3 is 2.20 bits per heavy atom. The summed E-state index contributed by atoms with van der Waals surface area (Å²) in [5.74, 6) is 0.0224. The Balaban J connectivity index is 1.60. The molecule has 2 amide bonds. The lowest BCUT2D eigenvalue weighted by atomic mass is 10.0. The van der Waals surface area contributed by atoms with Gasteiger partial charge in [0.1, 0.15) is 24.1 Å². The van der Waals surface area contributed by atoms with Crippen LogP contribution in [0.15, 0.2) is 102 Å². The molecular formula is C38H42N4O8S. The number of ether oxygens (including phenoxy) is 2. The number of nitrogens with zero attached hydrogens (tertiary/aromatic N) is 3. The van der Waals surface area contributed by atoms with Gasteiger partial charge in [0.25, 0.3) is 15.7 Å². The average molecular weight is 715 g/mol. The van der Waals surface area contributed by atoms with Gasteiger partial charge in [0.15, 0.2) is 0 Å². The average Bonchev–Trinajstić information content (AvgIpc) is 3.65. The predicted molar refractivity (Wildman–Crippen MR) is 193 cm³/mol. The Hall–Kier alpha value is -5.43. The van der Waals surface area contributed by atoms with Gasteiger partial charge < -0.3 is 19.7 Å². The van der Waals surface area contributed by atoms with E-state index in [1.807, 2.05) is 30.3 Å². The first-order chi connectivity index (χ1) is 24.5. The fraction of sp³-hybridized carbons (Fsp3) is 0.316. The molecule has 13 heteroatoms. The van der Waals surface area contributed by atoms with Crippen molar-refractivity contribution in [1.82, 2.24) is 10.2 Å². The molecule has 0 aliphatic heterocycles.